The number of aryl methyl sites for hydroxylation is 1. The van der Waals surface area contributed by atoms with Crippen molar-refractivity contribution in [1.82, 2.24) is 20.1 Å². The Hall–Kier alpha value is -3.37. The van der Waals surface area contributed by atoms with Gasteiger partial charge in [-0.05, 0) is 17.7 Å². The number of halogens is 4. The molecule has 0 radical (unpaired) electrons. The maximum Gasteiger partial charge on any atom is 0.435 e. The second kappa shape index (κ2) is 7.40. The van der Waals surface area contributed by atoms with Crippen molar-refractivity contribution in [3.8, 4) is 17.0 Å². The van der Waals surface area contributed by atoms with Gasteiger partial charge in [0.25, 0.3) is 0 Å². The molecular weight excluding hydrogens is 420 g/mol. The van der Waals surface area contributed by atoms with Gasteiger partial charge in [-0.2, -0.15) is 18.3 Å². The molecule has 0 spiro atoms. The third-order valence-corrected chi connectivity index (χ3v) is 4.67. The van der Waals surface area contributed by atoms with Gasteiger partial charge < -0.3 is 15.4 Å². The zero-order chi connectivity index (χ0) is 23.3. The minimum Gasteiger partial charge on any atom is -0.503 e. The molecule has 0 unspecified atom stereocenters. The Kier molecular flexibility index (Phi) is 5.33. The summed E-state index contributed by atoms with van der Waals surface area (Å²) < 4.78 is 55.0. The van der Waals surface area contributed by atoms with Crippen molar-refractivity contribution in [2.45, 2.75) is 33.5 Å². The summed E-state index contributed by atoms with van der Waals surface area (Å²) in [7, 11) is 1.18. The van der Waals surface area contributed by atoms with Gasteiger partial charge in [-0.3, -0.25) is 14.3 Å². The standard InChI is InChI=1S/C20H20F4N4O3/c1-19(2,3)18(31)25-8-9-5-6-11(21)10(7-9)13-15(30)14(29)12-16(20(22,23)24)27-28(4)17(12)26-13/h5-7,30H,8H2,1-4H3,(H,25,31)(H,26,29). The molecule has 3 N–H and O–H groups in total. The lowest BCUT2D eigenvalue weighted by Gasteiger charge is -2.18. The number of hydrogen-bond acceptors (Lipinski definition) is 4. The molecule has 1 amide bonds. The summed E-state index contributed by atoms with van der Waals surface area (Å²) in [5.74, 6) is -2.14. The zero-order valence-electron chi connectivity index (χ0n) is 17.1. The van der Waals surface area contributed by atoms with Gasteiger partial charge in [-0.25, -0.2) is 4.39 Å². The first-order valence-corrected chi connectivity index (χ1v) is 9.18. The quantitative estimate of drug-likeness (QED) is 0.543. The number of rotatable bonds is 3. The van der Waals surface area contributed by atoms with Crippen LogP contribution in [0.5, 0.6) is 5.75 Å². The molecule has 3 rings (SSSR count). The molecule has 7 nitrogen and oxygen atoms in total. The number of benzene rings is 1. The van der Waals surface area contributed by atoms with Crippen LogP contribution in [0.2, 0.25) is 0 Å². The molecule has 3 aromatic rings. The number of pyridine rings is 1. The highest BCUT2D eigenvalue weighted by atomic mass is 19.4. The maximum atomic E-state index is 14.5. The first kappa shape index (κ1) is 22.3. The van der Waals surface area contributed by atoms with E-state index in [1.165, 1.54) is 19.2 Å². The van der Waals surface area contributed by atoms with Crippen LogP contribution in [0.25, 0.3) is 22.3 Å². The van der Waals surface area contributed by atoms with Crippen LogP contribution in [-0.4, -0.2) is 25.8 Å². The van der Waals surface area contributed by atoms with Gasteiger partial charge in [0.1, 0.15) is 16.9 Å². The number of carbonyl (C=O) groups is 1. The van der Waals surface area contributed by atoms with Crippen molar-refractivity contribution in [2.75, 3.05) is 0 Å². The number of nitrogens with zero attached hydrogens (tertiary/aromatic N) is 2. The molecule has 0 aliphatic heterocycles. The molecule has 1 aromatic carbocycles. The molecule has 0 atom stereocenters. The maximum absolute atomic E-state index is 14.5. The first-order chi connectivity index (χ1) is 14.2. The Labute approximate surface area is 173 Å². The average Bonchev–Trinajstić information content (AvgIpc) is 3.00. The van der Waals surface area contributed by atoms with Crippen LogP contribution in [0.1, 0.15) is 32.0 Å². The van der Waals surface area contributed by atoms with E-state index in [9.17, 15) is 32.3 Å². The molecule has 0 bridgehead atoms. The predicted molar refractivity (Wildman–Crippen MR) is 105 cm³/mol. The fraction of sp³-hybridized carbons (Fsp3) is 0.350. The van der Waals surface area contributed by atoms with E-state index < -0.39 is 45.4 Å². The number of nitrogens with one attached hydrogen (secondary N) is 2. The largest absolute Gasteiger partial charge is 0.503 e. The van der Waals surface area contributed by atoms with E-state index in [0.29, 0.717) is 5.56 Å². The zero-order valence-corrected chi connectivity index (χ0v) is 17.1. The number of amides is 1. The Morgan fingerprint density at radius 3 is 2.48 bits per heavy atom. The number of fused-ring (bicyclic) bond motifs is 1. The van der Waals surface area contributed by atoms with Gasteiger partial charge in [0.15, 0.2) is 11.4 Å². The van der Waals surface area contributed by atoms with E-state index in [4.69, 9.17) is 0 Å². The average molecular weight is 440 g/mol. The molecule has 31 heavy (non-hydrogen) atoms. The highest BCUT2D eigenvalue weighted by molar-refractivity contribution is 5.85. The van der Waals surface area contributed by atoms with Gasteiger partial charge in [0.05, 0.1) is 5.69 Å². The summed E-state index contributed by atoms with van der Waals surface area (Å²) in [6.07, 6.45) is -4.92. The Bertz CT molecular complexity index is 1240. The minimum atomic E-state index is -4.92. The van der Waals surface area contributed by atoms with E-state index in [0.717, 1.165) is 10.7 Å². The molecule has 0 aliphatic rings. The summed E-state index contributed by atoms with van der Waals surface area (Å²) in [6.45, 7) is 5.21. The summed E-state index contributed by atoms with van der Waals surface area (Å²) in [4.78, 5) is 27.1. The van der Waals surface area contributed by atoms with Crippen LogP contribution < -0.4 is 10.7 Å². The second-order valence-electron chi connectivity index (χ2n) is 8.12. The fourth-order valence-corrected chi connectivity index (χ4v) is 3.01. The first-order valence-electron chi connectivity index (χ1n) is 9.18. The van der Waals surface area contributed by atoms with Crippen molar-refractivity contribution in [3.63, 3.8) is 0 Å². The number of hydrogen-bond donors (Lipinski definition) is 3. The fourth-order valence-electron chi connectivity index (χ4n) is 3.01. The highest BCUT2D eigenvalue weighted by Crippen LogP contribution is 2.35. The van der Waals surface area contributed by atoms with Gasteiger partial charge in [0.2, 0.25) is 11.3 Å². The molecule has 2 heterocycles. The van der Waals surface area contributed by atoms with E-state index in [1.807, 2.05) is 0 Å². The third-order valence-electron chi connectivity index (χ3n) is 4.67. The SMILES string of the molecule is Cn1nc(C(F)(F)F)c2c(=O)c(O)c(-c3cc(CNC(=O)C(C)(C)C)ccc3F)[nH]c21. The summed E-state index contributed by atoms with van der Waals surface area (Å²) in [5, 5.41) is 15.5. The third kappa shape index (κ3) is 4.12. The summed E-state index contributed by atoms with van der Waals surface area (Å²) >= 11 is 0. The van der Waals surface area contributed by atoms with Crippen LogP contribution in [0.3, 0.4) is 0 Å². The summed E-state index contributed by atoms with van der Waals surface area (Å²) in [5.41, 5.74) is -3.93. The van der Waals surface area contributed by atoms with Crippen LogP contribution in [-0.2, 0) is 24.6 Å². The lowest BCUT2D eigenvalue weighted by molar-refractivity contribution is -0.140. The number of alkyl halides is 3. The van der Waals surface area contributed by atoms with E-state index in [2.05, 4.69) is 15.4 Å². The summed E-state index contributed by atoms with van der Waals surface area (Å²) in [6, 6.07) is 3.76. The van der Waals surface area contributed by atoms with Gasteiger partial charge >= 0.3 is 6.18 Å². The lowest BCUT2D eigenvalue weighted by atomic mass is 9.95. The normalized spacial score (nSPS) is 12.4. The lowest BCUT2D eigenvalue weighted by Crippen LogP contribution is -2.34. The van der Waals surface area contributed by atoms with E-state index >= 15 is 0 Å². The van der Waals surface area contributed by atoms with Gasteiger partial charge in [-0.15, -0.1) is 0 Å². The molecule has 0 saturated carbocycles. The Balaban J connectivity index is 2.12. The van der Waals surface area contributed by atoms with Crippen molar-refractivity contribution in [1.29, 1.82) is 0 Å². The minimum absolute atomic E-state index is 0.0422. The van der Waals surface area contributed by atoms with Gasteiger partial charge in [0, 0.05) is 24.6 Å². The van der Waals surface area contributed by atoms with E-state index in [1.54, 1.807) is 20.8 Å². The molecular formula is C20H20F4N4O3. The van der Waals surface area contributed by atoms with Crippen molar-refractivity contribution < 1.29 is 27.5 Å². The van der Waals surface area contributed by atoms with Crippen LogP contribution in [0, 0.1) is 11.2 Å². The Morgan fingerprint density at radius 2 is 1.90 bits per heavy atom. The monoisotopic (exact) mass is 440 g/mol. The highest BCUT2D eigenvalue weighted by Gasteiger charge is 2.38. The molecule has 166 valence electrons. The van der Waals surface area contributed by atoms with E-state index in [-0.39, 0.29) is 23.7 Å². The molecule has 0 fully saturated rings. The van der Waals surface area contributed by atoms with Crippen molar-refractivity contribution in [2.24, 2.45) is 12.5 Å². The van der Waals surface area contributed by atoms with Crippen LogP contribution in [0.4, 0.5) is 17.6 Å². The van der Waals surface area contributed by atoms with Gasteiger partial charge in [-0.1, -0.05) is 26.8 Å². The number of H-pyrrole nitrogens is 1. The number of aromatic amines is 1. The van der Waals surface area contributed by atoms with Crippen LogP contribution >= 0.6 is 0 Å². The van der Waals surface area contributed by atoms with Crippen molar-refractivity contribution >= 4 is 16.9 Å². The smallest absolute Gasteiger partial charge is 0.435 e. The van der Waals surface area contributed by atoms with Crippen molar-refractivity contribution in [3.05, 3.63) is 45.5 Å². The number of carbonyl (C=O) groups excluding carboxylic acids is 1. The number of aromatic nitrogens is 3. The second-order valence-corrected chi connectivity index (χ2v) is 8.12. The van der Waals surface area contributed by atoms with Crippen LogP contribution in [0.15, 0.2) is 23.0 Å². The topological polar surface area (TPSA) is 100 Å². The Morgan fingerprint density at radius 1 is 1.26 bits per heavy atom. The molecule has 0 saturated heterocycles. The molecule has 11 heteroatoms. The number of aromatic hydroxyl groups is 1. The predicted octanol–water partition coefficient (Wildman–Crippen LogP) is 3.45. The molecule has 0 aliphatic carbocycles. The molecule has 2 aromatic heterocycles.